The monoisotopic (exact) mass is 247 g/mol. The summed E-state index contributed by atoms with van der Waals surface area (Å²) in [6.45, 7) is 1.03. The van der Waals surface area contributed by atoms with Crippen molar-refractivity contribution in [2.45, 2.75) is 43.7 Å². The molecule has 2 N–H and O–H groups in total. The number of nitrogens with zero attached hydrogens (tertiary/aromatic N) is 1. The highest BCUT2D eigenvalue weighted by atomic mass is 16.2. The number of nitrogens with one attached hydrogen (secondary N) is 2. The van der Waals surface area contributed by atoms with Crippen molar-refractivity contribution in [1.82, 2.24) is 15.2 Å². The minimum Gasteiger partial charge on any atom is -0.348 e. The zero-order valence-corrected chi connectivity index (χ0v) is 10.9. The second-order valence-electron chi connectivity index (χ2n) is 5.73. The Morgan fingerprint density at radius 2 is 2.39 bits per heavy atom. The normalized spacial score (nSPS) is 25.7. The van der Waals surface area contributed by atoms with Crippen LogP contribution in [0.25, 0.3) is 0 Å². The molecule has 1 saturated carbocycles. The summed E-state index contributed by atoms with van der Waals surface area (Å²) in [4.78, 5) is 12.2. The van der Waals surface area contributed by atoms with E-state index < -0.39 is 0 Å². The zero-order valence-electron chi connectivity index (χ0n) is 10.9. The van der Waals surface area contributed by atoms with Crippen molar-refractivity contribution in [2.75, 3.05) is 6.54 Å². The molecule has 0 radical (unpaired) electrons. The Labute approximate surface area is 108 Å². The van der Waals surface area contributed by atoms with Crippen LogP contribution in [-0.2, 0) is 7.05 Å². The number of piperidine rings is 1. The van der Waals surface area contributed by atoms with Gasteiger partial charge >= 0.3 is 0 Å². The van der Waals surface area contributed by atoms with Crippen LogP contribution in [0, 0.1) is 0 Å². The second kappa shape index (κ2) is 4.43. The van der Waals surface area contributed by atoms with Crippen molar-refractivity contribution in [2.24, 2.45) is 7.05 Å². The molecular weight excluding hydrogens is 226 g/mol. The molecule has 1 aromatic heterocycles. The zero-order chi connectivity index (χ0) is 12.6. The third-order valence-electron chi connectivity index (χ3n) is 4.45. The Hall–Kier alpha value is -1.29. The van der Waals surface area contributed by atoms with Crippen molar-refractivity contribution in [3.05, 3.63) is 24.0 Å². The molecule has 1 spiro atoms. The standard InChI is InChI=1S/C14H21N3O/c1-17-9-2-4-12(17)13(18)16-11-5-8-15-14(10-11)6-3-7-14/h2,4,9,11,15H,3,5-8,10H2,1H3,(H,16,18). The summed E-state index contributed by atoms with van der Waals surface area (Å²) in [6.07, 6.45) is 7.89. The first-order chi connectivity index (χ1) is 8.69. The molecule has 2 fully saturated rings. The van der Waals surface area contributed by atoms with Gasteiger partial charge in [0.2, 0.25) is 0 Å². The van der Waals surface area contributed by atoms with Gasteiger partial charge < -0.3 is 15.2 Å². The first-order valence-corrected chi connectivity index (χ1v) is 6.86. The van der Waals surface area contributed by atoms with E-state index in [0.29, 0.717) is 11.6 Å². The van der Waals surface area contributed by atoms with E-state index in [1.54, 1.807) is 0 Å². The summed E-state index contributed by atoms with van der Waals surface area (Å²) < 4.78 is 1.87. The Kier molecular flexibility index (Phi) is 2.90. The number of aromatic nitrogens is 1. The van der Waals surface area contributed by atoms with E-state index in [4.69, 9.17) is 0 Å². The van der Waals surface area contributed by atoms with Gasteiger partial charge in [0.1, 0.15) is 5.69 Å². The fourth-order valence-corrected chi connectivity index (χ4v) is 3.22. The van der Waals surface area contributed by atoms with Crippen LogP contribution < -0.4 is 10.6 Å². The molecule has 0 aromatic carbocycles. The van der Waals surface area contributed by atoms with Gasteiger partial charge in [0.15, 0.2) is 0 Å². The van der Waals surface area contributed by atoms with Crippen LogP contribution in [0.3, 0.4) is 0 Å². The summed E-state index contributed by atoms with van der Waals surface area (Å²) >= 11 is 0. The second-order valence-corrected chi connectivity index (χ2v) is 5.73. The number of aryl methyl sites for hydroxylation is 1. The molecule has 1 aliphatic carbocycles. The van der Waals surface area contributed by atoms with Crippen molar-refractivity contribution < 1.29 is 4.79 Å². The first-order valence-electron chi connectivity index (χ1n) is 6.86. The third-order valence-corrected chi connectivity index (χ3v) is 4.45. The van der Waals surface area contributed by atoms with Gasteiger partial charge in [0.05, 0.1) is 0 Å². The minimum absolute atomic E-state index is 0.0591. The molecule has 98 valence electrons. The van der Waals surface area contributed by atoms with Gasteiger partial charge in [0, 0.05) is 24.8 Å². The molecule has 18 heavy (non-hydrogen) atoms. The SMILES string of the molecule is Cn1cccc1C(=O)NC1CCNC2(CCC2)C1. The van der Waals surface area contributed by atoms with E-state index in [2.05, 4.69) is 10.6 Å². The fourth-order valence-electron chi connectivity index (χ4n) is 3.22. The van der Waals surface area contributed by atoms with E-state index in [0.717, 1.165) is 25.1 Å². The van der Waals surface area contributed by atoms with Crippen LogP contribution in [0.2, 0.25) is 0 Å². The summed E-state index contributed by atoms with van der Waals surface area (Å²) in [5.74, 6) is 0.0591. The van der Waals surface area contributed by atoms with Crippen molar-refractivity contribution in [3.8, 4) is 0 Å². The lowest BCUT2D eigenvalue weighted by molar-refractivity contribution is 0.0846. The lowest BCUT2D eigenvalue weighted by Gasteiger charge is -2.48. The lowest BCUT2D eigenvalue weighted by Crippen LogP contribution is -2.59. The number of carbonyl (C=O) groups is 1. The molecule has 1 saturated heterocycles. The van der Waals surface area contributed by atoms with Crippen LogP contribution in [0.4, 0.5) is 0 Å². The predicted octanol–water partition coefficient (Wildman–Crippen LogP) is 1.43. The maximum atomic E-state index is 12.2. The molecular formula is C14H21N3O. The molecule has 0 bridgehead atoms. The number of amides is 1. The first kappa shape index (κ1) is 11.8. The van der Waals surface area contributed by atoms with Crippen LogP contribution in [-0.4, -0.2) is 28.6 Å². The van der Waals surface area contributed by atoms with E-state index >= 15 is 0 Å². The van der Waals surface area contributed by atoms with Gasteiger partial charge in [-0.25, -0.2) is 0 Å². The highest BCUT2D eigenvalue weighted by Crippen LogP contribution is 2.38. The van der Waals surface area contributed by atoms with E-state index in [-0.39, 0.29) is 5.91 Å². The van der Waals surface area contributed by atoms with Crippen LogP contribution in [0.1, 0.15) is 42.6 Å². The molecule has 4 nitrogen and oxygen atoms in total. The topological polar surface area (TPSA) is 46.1 Å². The lowest BCUT2D eigenvalue weighted by atomic mass is 9.70. The summed E-state index contributed by atoms with van der Waals surface area (Å²) in [5, 5.41) is 6.81. The maximum absolute atomic E-state index is 12.2. The summed E-state index contributed by atoms with van der Waals surface area (Å²) in [6, 6.07) is 4.11. The van der Waals surface area contributed by atoms with Gasteiger partial charge in [-0.05, 0) is 50.8 Å². The number of carbonyl (C=O) groups excluding carboxylic acids is 1. The molecule has 2 heterocycles. The van der Waals surface area contributed by atoms with E-state index in [1.165, 1.54) is 19.3 Å². The van der Waals surface area contributed by atoms with E-state index in [9.17, 15) is 4.79 Å². The van der Waals surface area contributed by atoms with Gasteiger partial charge in [-0.3, -0.25) is 4.79 Å². The average Bonchev–Trinajstić information content (AvgIpc) is 2.74. The molecule has 1 aliphatic heterocycles. The maximum Gasteiger partial charge on any atom is 0.268 e. The van der Waals surface area contributed by atoms with Crippen molar-refractivity contribution in [1.29, 1.82) is 0 Å². The molecule has 2 aliphatic rings. The molecule has 3 rings (SSSR count). The third kappa shape index (κ3) is 2.05. The number of hydrogen-bond donors (Lipinski definition) is 2. The highest BCUT2D eigenvalue weighted by Gasteiger charge is 2.41. The largest absolute Gasteiger partial charge is 0.348 e. The van der Waals surface area contributed by atoms with Gasteiger partial charge in [0.25, 0.3) is 5.91 Å². The fraction of sp³-hybridized carbons (Fsp3) is 0.643. The van der Waals surface area contributed by atoms with Crippen LogP contribution >= 0.6 is 0 Å². The minimum atomic E-state index is 0.0591. The van der Waals surface area contributed by atoms with Crippen molar-refractivity contribution >= 4 is 5.91 Å². The quantitative estimate of drug-likeness (QED) is 0.830. The highest BCUT2D eigenvalue weighted by molar-refractivity contribution is 5.92. The van der Waals surface area contributed by atoms with Crippen LogP contribution in [0.15, 0.2) is 18.3 Å². The molecule has 1 unspecified atom stereocenters. The van der Waals surface area contributed by atoms with Gasteiger partial charge in [-0.1, -0.05) is 0 Å². The Balaban J connectivity index is 1.62. The van der Waals surface area contributed by atoms with Gasteiger partial charge in [-0.15, -0.1) is 0 Å². The molecule has 1 amide bonds. The number of rotatable bonds is 2. The molecule has 1 atom stereocenters. The summed E-state index contributed by atoms with van der Waals surface area (Å²) in [5.41, 5.74) is 1.08. The van der Waals surface area contributed by atoms with E-state index in [1.807, 2.05) is 29.9 Å². The average molecular weight is 247 g/mol. The predicted molar refractivity (Wildman–Crippen MR) is 70.5 cm³/mol. The van der Waals surface area contributed by atoms with Gasteiger partial charge in [-0.2, -0.15) is 0 Å². The van der Waals surface area contributed by atoms with Crippen molar-refractivity contribution in [3.63, 3.8) is 0 Å². The number of hydrogen-bond acceptors (Lipinski definition) is 2. The smallest absolute Gasteiger partial charge is 0.268 e. The summed E-state index contributed by atoms with van der Waals surface area (Å²) in [7, 11) is 1.91. The molecule has 1 aromatic rings. The Bertz CT molecular complexity index is 448. The molecule has 4 heteroatoms. The van der Waals surface area contributed by atoms with Crippen LogP contribution in [0.5, 0.6) is 0 Å². The Morgan fingerprint density at radius 1 is 1.56 bits per heavy atom. The Morgan fingerprint density at radius 3 is 3.00 bits per heavy atom.